The van der Waals surface area contributed by atoms with Gasteiger partial charge in [-0.05, 0) is 39.3 Å². The minimum Gasteiger partial charge on any atom is -0.387 e. The summed E-state index contributed by atoms with van der Waals surface area (Å²) in [5, 5.41) is 21.9. The number of aromatic amines is 1. The van der Waals surface area contributed by atoms with Gasteiger partial charge in [-0.3, -0.25) is 32.4 Å². The highest BCUT2D eigenvalue weighted by Gasteiger charge is 2.54. The highest BCUT2D eigenvalue weighted by Crippen LogP contribution is 2.53. The molecule has 3 aliphatic heterocycles. The SMILES string of the molecule is CCN(CC)CC.CCN(CC)CC.Nc1nc2c(ncn2[C@@H]2O[C@H]3COP(=O)(O)O[C@H]4[C@@H](O)[C@H](n5cc(F)c6c(N)ncnc65)O[C@@H]4COP(=O)(O)O[C@@H]2[C@@H]3O)c(=O)[nH]1. The summed E-state index contributed by atoms with van der Waals surface area (Å²) in [5.41, 5.74) is 10.2. The lowest BCUT2D eigenvalue weighted by Crippen LogP contribution is -2.36. The second-order valence-corrected chi connectivity index (χ2v) is 16.4. The van der Waals surface area contributed by atoms with Crippen molar-refractivity contribution in [1.82, 2.24) is 43.9 Å². The zero-order valence-electron chi connectivity index (χ0n) is 34.0. The molecule has 3 saturated heterocycles. The van der Waals surface area contributed by atoms with E-state index in [1.54, 1.807) is 0 Å². The van der Waals surface area contributed by atoms with Crippen LogP contribution in [0.1, 0.15) is 54.0 Å². The number of hydrogen-bond acceptors (Lipinski definition) is 19. The van der Waals surface area contributed by atoms with E-state index >= 15 is 0 Å². The number of aliphatic hydroxyl groups excluding tert-OH is 2. The molecule has 0 amide bonds. The molecule has 336 valence electrons. The average molecular weight is 894 g/mol. The summed E-state index contributed by atoms with van der Waals surface area (Å²) >= 11 is 0. The fourth-order valence-electron chi connectivity index (χ4n) is 6.84. The maximum absolute atomic E-state index is 14.7. The first-order valence-corrected chi connectivity index (χ1v) is 22.3. The van der Waals surface area contributed by atoms with E-state index in [4.69, 9.17) is 39.0 Å². The molecule has 7 heterocycles. The van der Waals surface area contributed by atoms with Crippen molar-refractivity contribution in [3.8, 4) is 0 Å². The zero-order chi connectivity index (χ0) is 44.1. The molecule has 60 heavy (non-hydrogen) atoms. The molecule has 27 heteroatoms. The van der Waals surface area contributed by atoms with E-state index in [-0.39, 0.29) is 34.0 Å². The first-order valence-electron chi connectivity index (χ1n) is 19.3. The van der Waals surface area contributed by atoms with Gasteiger partial charge in [0.25, 0.3) is 5.56 Å². The van der Waals surface area contributed by atoms with Gasteiger partial charge in [0.1, 0.15) is 48.8 Å². The van der Waals surface area contributed by atoms with Crippen LogP contribution in [0.5, 0.6) is 0 Å². The summed E-state index contributed by atoms with van der Waals surface area (Å²) < 4.78 is 75.3. The Kier molecular flexibility index (Phi) is 15.9. The van der Waals surface area contributed by atoms with Gasteiger partial charge in [-0.15, -0.1) is 0 Å². The van der Waals surface area contributed by atoms with Crippen LogP contribution < -0.4 is 17.0 Å². The fourth-order valence-corrected chi connectivity index (χ4v) is 8.73. The molecule has 2 bridgehead atoms. The van der Waals surface area contributed by atoms with Crippen molar-refractivity contribution in [2.45, 2.75) is 90.6 Å². The third-order valence-corrected chi connectivity index (χ3v) is 12.2. The quantitative estimate of drug-likeness (QED) is 0.122. The van der Waals surface area contributed by atoms with Crippen molar-refractivity contribution in [3.63, 3.8) is 0 Å². The Labute approximate surface area is 343 Å². The second kappa shape index (κ2) is 20.1. The Morgan fingerprint density at radius 3 is 1.92 bits per heavy atom. The van der Waals surface area contributed by atoms with Gasteiger partial charge in [0.2, 0.25) is 5.95 Å². The Balaban J connectivity index is 0.000000420. The molecule has 2 unspecified atom stereocenters. The van der Waals surface area contributed by atoms with E-state index in [2.05, 4.69) is 76.3 Å². The third kappa shape index (κ3) is 10.6. The van der Waals surface area contributed by atoms with Gasteiger partial charge < -0.3 is 55.3 Å². The molecular formula is C33H54FN11O13P2. The minimum atomic E-state index is -5.17. The van der Waals surface area contributed by atoms with Crippen LogP contribution in [0, 0.1) is 5.82 Å². The van der Waals surface area contributed by atoms with Crippen LogP contribution in [0.25, 0.3) is 22.2 Å². The minimum absolute atomic E-state index is 0.109. The number of phosphoric ester groups is 2. The van der Waals surface area contributed by atoms with Gasteiger partial charge in [0.15, 0.2) is 35.1 Å². The van der Waals surface area contributed by atoms with Crippen molar-refractivity contribution < 1.29 is 61.1 Å². The average Bonchev–Trinajstić information content (AvgIpc) is 3.94. The topological polar surface area (TPSA) is 323 Å². The molecule has 0 radical (unpaired) electrons. The number of H-pyrrole nitrogens is 1. The molecule has 7 rings (SSSR count). The van der Waals surface area contributed by atoms with Gasteiger partial charge in [-0.1, -0.05) is 41.5 Å². The molecule has 3 fully saturated rings. The summed E-state index contributed by atoms with van der Waals surface area (Å²) in [6, 6.07) is 0. The number of ether oxygens (including phenoxy) is 2. The van der Waals surface area contributed by atoms with Gasteiger partial charge in [-0.2, -0.15) is 4.98 Å². The number of nitrogens with zero attached hydrogens (tertiary/aromatic N) is 8. The number of fused-ring (bicyclic) bond motifs is 5. The predicted octanol–water partition coefficient (Wildman–Crippen LogP) is 1.10. The summed E-state index contributed by atoms with van der Waals surface area (Å²) in [6.45, 7) is 18.5. The normalized spacial score (nSPS) is 30.9. The van der Waals surface area contributed by atoms with E-state index < -0.39 is 89.3 Å². The number of anilines is 2. The molecule has 9 N–H and O–H groups in total. The number of hydrogen-bond donors (Lipinski definition) is 7. The van der Waals surface area contributed by atoms with Gasteiger partial charge in [-0.25, -0.2) is 28.5 Å². The van der Waals surface area contributed by atoms with Crippen LogP contribution in [0.15, 0.2) is 23.6 Å². The largest absolute Gasteiger partial charge is 0.472 e. The number of phosphoric acid groups is 2. The Hall–Kier alpha value is -3.52. The monoisotopic (exact) mass is 893 g/mol. The fraction of sp³-hybridized carbons (Fsp3) is 0.667. The summed E-state index contributed by atoms with van der Waals surface area (Å²) in [7, 11) is -10.3. The number of aromatic nitrogens is 7. The van der Waals surface area contributed by atoms with Crippen LogP contribution in [-0.4, -0.2) is 153 Å². The zero-order valence-corrected chi connectivity index (χ0v) is 35.8. The molecule has 3 aliphatic rings. The van der Waals surface area contributed by atoms with Crippen LogP contribution in [0.3, 0.4) is 0 Å². The highest BCUT2D eigenvalue weighted by molar-refractivity contribution is 7.47. The summed E-state index contributed by atoms with van der Waals surface area (Å²) in [4.78, 5) is 56.2. The van der Waals surface area contributed by atoms with Crippen LogP contribution >= 0.6 is 15.6 Å². The van der Waals surface area contributed by atoms with Gasteiger partial charge >= 0.3 is 15.6 Å². The third-order valence-electron chi connectivity index (χ3n) is 10.2. The predicted molar refractivity (Wildman–Crippen MR) is 213 cm³/mol. The van der Waals surface area contributed by atoms with Crippen LogP contribution in [0.2, 0.25) is 0 Å². The molecule has 4 aromatic rings. The molecule has 24 nitrogen and oxygen atoms in total. The Morgan fingerprint density at radius 1 is 0.800 bits per heavy atom. The van der Waals surface area contributed by atoms with E-state index in [1.165, 1.54) is 39.3 Å². The maximum Gasteiger partial charge on any atom is 0.472 e. The first-order chi connectivity index (χ1) is 28.4. The summed E-state index contributed by atoms with van der Waals surface area (Å²) in [5.74, 6) is -1.39. The lowest BCUT2D eigenvalue weighted by atomic mass is 10.1. The molecular weight excluding hydrogens is 839 g/mol. The number of rotatable bonds is 8. The molecule has 0 saturated carbocycles. The first kappa shape index (κ1) is 47.5. The number of halogens is 1. The Bertz CT molecular complexity index is 2180. The number of aliphatic hydroxyl groups is 2. The molecule has 4 aromatic heterocycles. The lowest BCUT2D eigenvalue weighted by Gasteiger charge is -2.25. The highest BCUT2D eigenvalue weighted by atomic mass is 31.2. The maximum atomic E-state index is 14.7. The molecule has 10 atom stereocenters. The van der Waals surface area contributed by atoms with E-state index in [0.717, 1.165) is 28.0 Å². The number of nitrogen functional groups attached to an aromatic ring is 2. The number of nitrogens with two attached hydrogens (primary N) is 2. The van der Waals surface area contributed by atoms with Gasteiger partial charge in [0, 0.05) is 6.20 Å². The Morgan fingerprint density at radius 2 is 1.35 bits per heavy atom. The second-order valence-electron chi connectivity index (χ2n) is 13.6. The lowest BCUT2D eigenvalue weighted by molar-refractivity contribution is -0.0672. The van der Waals surface area contributed by atoms with Crippen molar-refractivity contribution in [2.75, 3.05) is 63.9 Å². The standard InChI is InChI=1S/C21H24FN9O13P2.2C6H15N/c22-6-1-30(16-9(6)15(23)25-4-26-16)19-12(33)13-8(42-19)3-40-46(37,38)44-14-11(32)7(2-39-45(35,36)43-13)41-20(14)31-5-27-10-17(31)28-21(24)29-18(10)34;2*1-4-7(5-2)6-3/h1,4-5,7-8,11-14,19-20,32-33H,2-3H2,(H,35,36)(H,37,38)(H2,23,25,26)(H3,24,28,29,34);2*4-6H2,1-3H3/t7-,8+,11+,12+,13+,14+,19+,20+;;/m0../s1. The van der Waals surface area contributed by atoms with E-state index in [9.17, 15) is 38.3 Å². The van der Waals surface area contributed by atoms with Crippen LogP contribution in [-0.2, 0) is 36.7 Å². The molecule has 0 aromatic carbocycles. The van der Waals surface area contributed by atoms with Crippen molar-refractivity contribution >= 4 is 49.6 Å². The number of imidazole rings is 1. The molecule has 0 spiro atoms. The van der Waals surface area contributed by atoms with Crippen molar-refractivity contribution in [2.24, 2.45) is 0 Å². The summed E-state index contributed by atoms with van der Waals surface area (Å²) in [6.07, 6.45) is -10.3. The van der Waals surface area contributed by atoms with Crippen molar-refractivity contribution in [1.29, 1.82) is 0 Å². The van der Waals surface area contributed by atoms with Gasteiger partial charge in [0.05, 0.1) is 24.9 Å². The number of nitrogens with one attached hydrogen (secondary N) is 1. The smallest absolute Gasteiger partial charge is 0.387 e. The van der Waals surface area contributed by atoms with E-state index in [1.807, 2.05) is 0 Å². The van der Waals surface area contributed by atoms with Crippen LogP contribution in [0.4, 0.5) is 16.2 Å². The molecule has 0 aliphatic carbocycles. The van der Waals surface area contributed by atoms with Crippen molar-refractivity contribution in [3.05, 3.63) is 35.0 Å². The van der Waals surface area contributed by atoms with E-state index in [0.29, 0.717) is 0 Å².